The highest BCUT2D eigenvalue weighted by molar-refractivity contribution is 5.86. The number of ketones is 2. The van der Waals surface area contributed by atoms with Crippen molar-refractivity contribution in [3.63, 3.8) is 0 Å². The van der Waals surface area contributed by atoms with Crippen LogP contribution >= 0.6 is 0 Å². The zero-order valence-corrected chi connectivity index (χ0v) is 29.6. The first-order valence-electron chi connectivity index (χ1n) is 18.0. The number of ether oxygens (including phenoxy) is 1. The molecule has 4 fully saturated rings. The average molecular weight is 609 g/mol. The molecule has 0 bridgehead atoms. The number of esters is 1. The van der Waals surface area contributed by atoms with Gasteiger partial charge in [0.05, 0.1) is 6.61 Å². The summed E-state index contributed by atoms with van der Waals surface area (Å²) < 4.78 is 5.75. The molecule has 4 heteroatoms. The van der Waals surface area contributed by atoms with Gasteiger partial charge in [0.25, 0.3) is 0 Å². The van der Waals surface area contributed by atoms with Crippen molar-refractivity contribution in [2.75, 3.05) is 6.61 Å². The fraction of sp³-hybridized carbons (Fsp3) is 0.825. The normalized spacial score (nSPS) is 36.3. The van der Waals surface area contributed by atoms with Gasteiger partial charge in [-0.2, -0.15) is 0 Å². The summed E-state index contributed by atoms with van der Waals surface area (Å²) >= 11 is 0. The SMILES string of the molecule is C=C1CCC2C(C)(C)C(=O)CCC2(C)C1CCC(C)CCOC(=O)CC(C)CCC1C(=C)CCC2C(C)(C)C(=O)CCC12C. The molecule has 0 saturated heterocycles. The number of fused-ring (bicyclic) bond motifs is 2. The fourth-order valence-corrected chi connectivity index (χ4v) is 10.9. The number of hydrogen-bond acceptors (Lipinski definition) is 4. The second-order valence-corrected chi connectivity index (χ2v) is 17.5. The Morgan fingerprint density at radius 1 is 0.727 bits per heavy atom. The first-order chi connectivity index (χ1) is 20.4. The highest BCUT2D eigenvalue weighted by Gasteiger charge is 2.57. The molecule has 8 unspecified atom stereocenters. The Hall–Kier alpha value is -1.71. The molecule has 4 aliphatic rings. The van der Waals surface area contributed by atoms with E-state index in [9.17, 15) is 14.4 Å². The predicted molar refractivity (Wildman–Crippen MR) is 180 cm³/mol. The molecule has 4 saturated carbocycles. The van der Waals surface area contributed by atoms with E-state index in [0.29, 0.717) is 67.0 Å². The first-order valence-corrected chi connectivity index (χ1v) is 18.0. The van der Waals surface area contributed by atoms with Crippen LogP contribution in [0.4, 0.5) is 0 Å². The Morgan fingerprint density at radius 2 is 1.16 bits per heavy atom. The van der Waals surface area contributed by atoms with Crippen molar-refractivity contribution in [2.45, 2.75) is 145 Å². The van der Waals surface area contributed by atoms with Crippen LogP contribution in [0.15, 0.2) is 24.3 Å². The van der Waals surface area contributed by atoms with Crippen LogP contribution in [0.3, 0.4) is 0 Å². The largest absolute Gasteiger partial charge is 0.466 e. The fourth-order valence-electron chi connectivity index (χ4n) is 10.9. The van der Waals surface area contributed by atoms with Gasteiger partial charge in [-0.15, -0.1) is 0 Å². The third-order valence-electron chi connectivity index (χ3n) is 13.9. The quantitative estimate of drug-likeness (QED) is 0.173. The molecule has 44 heavy (non-hydrogen) atoms. The summed E-state index contributed by atoms with van der Waals surface area (Å²) in [5, 5.41) is 0. The van der Waals surface area contributed by atoms with E-state index in [1.165, 1.54) is 11.1 Å². The Bertz CT molecular complexity index is 1130. The molecule has 0 aromatic carbocycles. The molecule has 4 aliphatic carbocycles. The Balaban J connectivity index is 1.20. The molecule has 4 nitrogen and oxygen atoms in total. The van der Waals surface area contributed by atoms with Gasteiger partial charge in [0.2, 0.25) is 0 Å². The summed E-state index contributed by atoms with van der Waals surface area (Å²) in [6, 6.07) is 0. The third kappa shape index (κ3) is 6.71. The minimum atomic E-state index is -0.253. The lowest BCUT2D eigenvalue weighted by atomic mass is 9.46. The molecule has 0 spiro atoms. The smallest absolute Gasteiger partial charge is 0.306 e. The van der Waals surface area contributed by atoms with E-state index >= 15 is 0 Å². The monoisotopic (exact) mass is 608 g/mol. The summed E-state index contributed by atoms with van der Waals surface area (Å²) in [4.78, 5) is 38.3. The maximum atomic E-state index is 12.8. The van der Waals surface area contributed by atoms with Crippen LogP contribution in [-0.2, 0) is 19.1 Å². The van der Waals surface area contributed by atoms with Crippen LogP contribution in [0.2, 0.25) is 0 Å². The zero-order chi connectivity index (χ0) is 32.7. The molecule has 248 valence electrons. The number of Topliss-reactive ketones (excluding diaryl/α,β-unsaturated/α-hetero) is 2. The topological polar surface area (TPSA) is 60.4 Å². The second kappa shape index (κ2) is 13.2. The van der Waals surface area contributed by atoms with Crippen LogP contribution in [0.1, 0.15) is 145 Å². The molecule has 0 N–H and O–H groups in total. The van der Waals surface area contributed by atoms with Gasteiger partial charge in [0.1, 0.15) is 11.6 Å². The van der Waals surface area contributed by atoms with E-state index in [0.717, 1.165) is 70.6 Å². The number of allylic oxidation sites excluding steroid dienone is 2. The van der Waals surface area contributed by atoms with Crippen molar-refractivity contribution >= 4 is 17.5 Å². The highest BCUT2D eigenvalue weighted by atomic mass is 16.5. The van der Waals surface area contributed by atoms with Crippen LogP contribution in [0.5, 0.6) is 0 Å². The first kappa shape index (κ1) is 35.1. The minimum Gasteiger partial charge on any atom is -0.466 e. The Labute approximate surface area is 269 Å². The number of carbonyl (C=O) groups is 3. The van der Waals surface area contributed by atoms with Gasteiger partial charge < -0.3 is 4.74 Å². The summed E-state index contributed by atoms with van der Waals surface area (Å²) in [6.45, 7) is 27.4. The molecule has 0 amide bonds. The van der Waals surface area contributed by atoms with Gasteiger partial charge in [-0.1, -0.05) is 79.7 Å². The van der Waals surface area contributed by atoms with Crippen LogP contribution in [-0.4, -0.2) is 24.1 Å². The molecule has 0 radical (unpaired) electrons. The average Bonchev–Trinajstić information content (AvgIpc) is 2.92. The third-order valence-corrected chi connectivity index (χ3v) is 13.9. The van der Waals surface area contributed by atoms with Crippen molar-refractivity contribution in [1.29, 1.82) is 0 Å². The number of hydrogen-bond donors (Lipinski definition) is 0. The molecule has 4 rings (SSSR count). The summed E-state index contributed by atoms with van der Waals surface area (Å²) in [6.07, 6.45) is 13.1. The maximum Gasteiger partial charge on any atom is 0.306 e. The molecule has 0 heterocycles. The molecular weight excluding hydrogens is 544 g/mol. The van der Waals surface area contributed by atoms with Crippen molar-refractivity contribution in [1.82, 2.24) is 0 Å². The van der Waals surface area contributed by atoms with E-state index in [2.05, 4.69) is 68.5 Å². The van der Waals surface area contributed by atoms with Gasteiger partial charge >= 0.3 is 5.97 Å². The lowest BCUT2D eigenvalue weighted by Gasteiger charge is -2.57. The van der Waals surface area contributed by atoms with Gasteiger partial charge in [0.15, 0.2) is 0 Å². The van der Waals surface area contributed by atoms with Crippen LogP contribution < -0.4 is 0 Å². The maximum absolute atomic E-state index is 12.8. The zero-order valence-electron chi connectivity index (χ0n) is 29.6. The van der Waals surface area contributed by atoms with Crippen LogP contribution in [0.25, 0.3) is 0 Å². The van der Waals surface area contributed by atoms with Crippen molar-refractivity contribution in [2.24, 2.45) is 57.2 Å². The van der Waals surface area contributed by atoms with Gasteiger partial charge in [0, 0.05) is 30.1 Å². The number of rotatable bonds is 11. The van der Waals surface area contributed by atoms with E-state index in [-0.39, 0.29) is 33.5 Å². The second-order valence-electron chi connectivity index (χ2n) is 17.5. The standard InChI is InChI=1S/C40H64O4/c1-26(11-15-30-28(3)13-17-32-37(5,6)34(41)19-22-39(30,32)9)21-24-44-36(43)25-27(2)12-16-31-29(4)14-18-33-38(7,8)35(42)20-23-40(31,33)10/h26-27,30-33H,3-4,11-25H2,1-2,5-10H3. The van der Waals surface area contributed by atoms with Crippen molar-refractivity contribution in [3.8, 4) is 0 Å². The lowest BCUT2D eigenvalue weighted by molar-refractivity contribution is -0.146. The van der Waals surface area contributed by atoms with E-state index in [4.69, 9.17) is 4.74 Å². The lowest BCUT2D eigenvalue weighted by Crippen LogP contribution is -2.53. The Morgan fingerprint density at radius 3 is 1.61 bits per heavy atom. The molecular formula is C40H64O4. The summed E-state index contributed by atoms with van der Waals surface area (Å²) in [5.74, 6) is 3.26. The van der Waals surface area contributed by atoms with Crippen molar-refractivity contribution in [3.05, 3.63) is 24.3 Å². The summed E-state index contributed by atoms with van der Waals surface area (Å²) in [7, 11) is 0. The summed E-state index contributed by atoms with van der Waals surface area (Å²) in [5.41, 5.74) is 2.51. The highest BCUT2D eigenvalue weighted by Crippen LogP contribution is 2.62. The van der Waals surface area contributed by atoms with Gasteiger partial charge in [-0.05, 0) is 117 Å². The van der Waals surface area contributed by atoms with Crippen molar-refractivity contribution < 1.29 is 19.1 Å². The minimum absolute atomic E-state index is 0.0780. The Kier molecular flexibility index (Phi) is 10.5. The van der Waals surface area contributed by atoms with Crippen LogP contribution in [0, 0.1) is 57.2 Å². The molecule has 0 aliphatic heterocycles. The van der Waals surface area contributed by atoms with E-state index < -0.39 is 0 Å². The molecule has 0 aromatic rings. The van der Waals surface area contributed by atoms with E-state index in [1.807, 2.05) is 0 Å². The predicted octanol–water partition coefficient (Wildman–Crippen LogP) is 10.1. The van der Waals surface area contributed by atoms with Gasteiger partial charge in [-0.25, -0.2) is 0 Å². The van der Waals surface area contributed by atoms with E-state index in [1.54, 1.807) is 0 Å². The number of carbonyl (C=O) groups excluding carboxylic acids is 3. The molecule has 0 aromatic heterocycles. The van der Waals surface area contributed by atoms with Gasteiger partial charge in [-0.3, -0.25) is 14.4 Å². The molecule has 8 atom stereocenters.